The van der Waals surface area contributed by atoms with Gasteiger partial charge >= 0.3 is 0 Å². The summed E-state index contributed by atoms with van der Waals surface area (Å²) in [6.45, 7) is 6.07. The Kier molecular flexibility index (Phi) is 6.87. The number of nitriles is 1. The highest BCUT2D eigenvalue weighted by Crippen LogP contribution is 2.32. The van der Waals surface area contributed by atoms with Crippen molar-refractivity contribution in [3.63, 3.8) is 0 Å². The molecule has 2 aromatic heterocycles. The lowest BCUT2D eigenvalue weighted by Crippen LogP contribution is -2.23. The number of nitrogens with zero attached hydrogens (tertiary/aromatic N) is 3. The Hall–Kier alpha value is -3.47. The number of hydrogen-bond donors (Lipinski definition) is 0. The van der Waals surface area contributed by atoms with Crippen LogP contribution in [0.2, 0.25) is 0 Å². The van der Waals surface area contributed by atoms with Crippen LogP contribution in [0, 0.1) is 18.3 Å². The van der Waals surface area contributed by atoms with Crippen LogP contribution in [0.25, 0.3) is 21.3 Å². The second kappa shape index (κ2) is 9.99. The Morgan fingerprint density at radius 3 is 2.64 bits per heavy atom. The number of aromatic nitrogens is 2. The number of carbonyl (C=O) groups excluding carboxylic acids is 1. The third kappa shape index (κ3) is 4.68. The minimum absolute atomic E-state index is 0.0401. The number of aryl methyl sites for hydroxylation is 1. The number of rotatable bonds is 8. The average Bonchev–Trinajstić information content (AvgIpc) is 3.25. The van der Waals surface area contributed by atoms with Crippen molar-refractivity contribution in [3.05, 3.63) is 94.1 Å². The number of benzene rings is 2. The number of ketones is 1. The van der Waals surface area contributed by atoms with E-state index in [1.165, 1.54) is 23.1 Å². The van der Waals surface area contributed by atoms with Gasteiger partial charge in [0.15, 0.2) is 10.9 Å². The van der Waals surface area contributed by atoms with E-state index in [2.05, 4.69) is 12.6 Å². The fourth-order valence-corrected chi connectivity index (χ4v) is 5.45. The van der Waals surface area contributed by atoms with Crippen LogP contribution in [0.4, 0.5) is 0 Å². The van der Waals surface area contributed by atoms with E-state index < -0.39 is 5.92 Å². The number of hydrogen-bond acceptors (Lipinski definition) is 6. The molecule has 0 fully saturated rings. The van der Waals surface area contributed by atoms with Crippen LogP contribution >= 0.6 is 23.1 Å². The first-order valence-electron chi connectivity index (χ1n) is 10.3. The quantitative estimate of drug-likeness (QED) is 0.190. The minimum atomic E-state index is -0.850. The Balaban J connectivity index is 1.68. The Bertz CT molecular complexity index is 1410. The van der Waals surface area contributed by atoms with Gasteiger partial charge in [-0.2, -0.15) is 5.26 Å². The molecule has 0 amide bonds. The van der Waals surface area contributed by atoms with Gasteiger partial charge in [-0.05, 0) is 18.1 Å². The monoisotopic (exact) mass is 471 g/mol. The zero-order valence-corrected chi connectivity index (χ0v) is 19.7. The Morgan fingerprint density at radius 2 is 1.97 bits per heavy atom. The largest absolute Gasteiger partial charge is 0.297 e. The lowest BCUT2D eigenvalue weighted by atomic mass is 9.97. The van der Waals surface area contributed by atoms with E-state index in [0.29, 0.717) is 20.9 Å². The van der Waals surface area contributed by atoms with E-state index in [-0.39, 0.29) is 23.6 Å². The molecule has 4 rings (SSSR count). The molecule has 2 heterocycles. The van der Waals surface area contributed by atoms with Crippen molar-refractivity contribution in [3.8, 4) is 17.2 Å². The molecule has 0 bridgehead atoms. The van der Waals surface area contributed by atoms with Crippen molar-refractivity contribution in [2.45, 2.75) is 24.5 Å². The van der Waals surface area contributed by atoms with Crippen molar-refractivity contribution in [1.29, 1.82) is 5.26 Å². The highest BCUT2D eigenvalue weighted by atomic mass is 32.2. The van der Waals surface area contributed by atoms with Gasteiger partial charge in [-0.3, -0.25) is 14.2 Å². The minimum Gasteiger partial charge on any atom is -0.297 e. The molecule has 1 atom stereocenters. The number of thioether (sulfide) groups is 1. The molecule has 0 saturated carbocycles. The normalized spacial score (nSPS) is 11.8. The molecule has 0 aliphatic heterocycles. The molecule has 0 saturated heterocycles. The summed E-state index contributed by atoms with van der Waals surface area (Å²) in [5.74, 6) is -1.03. The molecule has 0 N–H and O–H groups in total. The molecule has 5 nitrogen and oxygen atoms in total. The van der Waals surface area contributed by atoms with E-state index in [0.717, 1.165) is 16.7 Å². The van der Waals surface area contributed by atoms with Crippen LogP contribution in [-0.2, 0) is 11.3 Å². The second-order valence-electron chi connectivity index (χ2n) is 7.52. The molecule has 0 aliphatic carbocycles. The Morgan fingerprint density at radius 1 is 1.24 bits per heavy atom. The lowest BCUT2D eigenvalue weighted by molar-refractivity contribution is -0.116. The van der Waals surface area contributed by atoms with Crippen molar-refractivity contribution in [1.82, 2.24) is 9.55 Å². The molecule has 7 heteroatoms. The van der Waals surface area contributed by atoms with Gasteiger partial charge in [-0.1, -0.05) is 78.0 Å². The van der Waals surface area contributed by atoms with E-state index in [4.69, 9.17) is 4.98 Å². The average molecular weight is 472 g/mol. The van der Waals surface area contributed by atoms with E-state index >= 15 is 0 Å². The molecule has 164 valence electrons. The first-order chi connectivity index (χ1) is 16.0. The summed E-state index contributed by atoms with van der Waals surface area (Å²) in [6, 6.07) is 19.1. The van der Waals surface area contributed by atoms with E-state index in [1.54, 1.807) is 34.9 Å². The maximum atomic E-state index is 13.4. The predicted molar refractivity (Wildman–Crippen MR) is 135 cm³/mol. The summed E-state index contributed by atoms with van der Waals surface area (Å²) in [5, 5.41) is 12.5. The summed E-state index contributed by atoms with van der Waals surface area (Å²) < 4.78 is 1.54. The van der Waals surface area contributed by atoms with Gasteiger partial charge in [-0.15, -0.1) is 17.9 Å². The lowest BCUT2D eigenvalue weighted by Gasteiger charge is -2.12. The van der Waals surface area contributed by atoms with Gasteiger partial charge < -0.3 is 0 Å². The SMILES string of the molecule is C=CCn1c(SCC(=O)[C@H](C#N)c2ccccc2)nc2scc(-c3ccc(C)cc3)c2c1=O. The summed E-state index contributed by atoms with van der Waals surface area (Å²) in [7, 11) is 0. The smallest absolute Gasteiger partial charge is 0.263 e. The zero-order chi connectivity index (χ0) is 23.4. The third-order valence-corrected chi connectivity index (χ3v) is 7.13. The van der Waals surface area contributed by atoms with Gasteiger partial charge in [0.2, 0.25) is 0 Å². The number of carbonyl (C=O) groups is 1. The van der Waals surface area contributed by atoms with E-state index in [9.17, 15) is 14.9 Å². The van der Waals surface area contributed by atoms with Gasteiger partial charge in [-0.25, -0.2) is 4.98 Å². The first kappa shape index (κ1) is 22.7. The fourth-order valence-electron chi connectivity index (χ4n) is 3.55. The standard InChI is InChI=1S/C26H21N3O2S2/c1-3-13-29-25(31)23-21(19-11-9-17(2)10-12-19)15-32-24(23)28-26(29)33-16-22(30)20(14-27)18-7-5-4-6-8-18/h3-12,15,20H,1,13,16H2,2H3/t20-/m1/s1. The maximum absolute atomic E-state index is 13.4. The summed E-state index contributed by atoms with van der Waals surface area (Å²) in [4.78, 5) is 31.6. The molecule has 4 aromatic rings. The van der Waals surface area contributed by atoms with Gasteiger partial charge in [0.25, 0.3) is 5.56 Å². The molecular weight excluding hydrogens is 450 g/mol. The van der Waals surface area contributed by atoms with Crippen LogP contribution in [0.15, 0.2) is 82.6 Å². The topological polar surface area (TPSA) is 75.8 Å². The van der Waals surface area contributed by atoms with Gasteiger partial charge in [0.1, 0.15) is 10.7 Å². The van der Waals surface area contributed by atoms with Crippen molar-refractivity contribution in [2.24, 2.45) is 0 Å². The second-order valence-corrected chi connectivity index (χ2v) is 9.32. The molecule has 33 heavy (non-hydrogen) atoms. The third-order valence-electron chi connectivity index (χ3n) is 5.26. The summed E-state index contributed by atoms with van der Waals surface area (Å²) in [6.07, 6.45) is 1.64. The van der Waals surface area contributed by atoms with Crippen molar-refractivity contribution < 1.29 is 4.79 Å². The molecule has 0 radical (unpaired) electrons. The Labute approximate surface area is 200 Å². The first-order valence-corrected chi connectivity index (χ1v) is 12.2. The van der Waals surface area contributed by atoms with Crippen LogP contribution in [0.5, 0.6) is 0 Å². The van der Waals surface area contributed by atoms with Crippen LogP contribution in [-0.4, -0.2) is 21.1 Å². The van der Waals surface area contributed by atoms with Crippen LogP contribution in [0.1, 0.15) is 17.0 Å². The number of Topliss-reactive ketones (excluding diaryl/α,β-unsaturated/α-hetero) is 1. The van der Waals surface area contributed by atoms with E-state index in [1.807, 2.05) is 42.6 Å². The number of fused-ring (bicyclic) bond motifs is 1. The molecule has 0 aliphatic rings. The highest BCUT2D eigenvalue weighted by molar-refractivity contribution is 7.99. The summed E-state index contributed by atoms with van der Waals surface area (Å²) >= 11 is 2.59. The number of allylic oxidation sites excluding steroid dienone is 1. The molecule has 2 aromatic carbocycles. The van der Waals surface area contributed by atoms with Crippen molar-refractivity contribution >= 4 is 39.1 Å². The zero-order valence-electron chi connectivity index (χ0n) is 18.0. The molecule has 0 unspecified atom stereocenters. The number of thiophene rings is 1. The van der Waals surface area contributed by atoms with Crippen LogP contribution in [0.3, 0.4) is 0 Å². The van der Waals surface area contributed by atoms with Gasteiger partial charge in [0.05, 0.1) is 17.2 Å². The molecular formula is C26H21N3O2S2. The van der Waals surface area contributed by atoms with Crippen molar-refractivity contribution in [2.75, 3.05) is 5.75 Å². The maximum Gasteiger partial charge on any atom is 0.263 e. The van der Waals surface area contributed by atoms with Crippen LogP contribution < -0.4 is 5.56 Å². The summed E-state index contributed by atoms with van der Waals surface area (Å²) in [5.41, 5.74) is 3.47. The predicted octanol–water partition coefficient (Wildman–Crippen LogP) is 5.59. The highest BCUT2D eigenvalue weighted by Gasteiger charge is 2.22. The fraction of sp³-hybridized carbons (Fsp3) is 0.154. The van der Waals surface area contributed by atoms with Gasteiger partial charge in [0, 0.05) is 17.5 Å². The molecule has 0 spiro atoms.